The van der Waals surface area contributed by atoms with Crippen molar-refractivity contribution in [2.45, 2.75) is 45.8 Å². The first-order chi connectivity index (χ1) is 8.66. The molecule has 3 rings (SSSR count). The lowest BCUT2D eigenvalue weighted by Gasteiger charge is -2.20. The molecule has 0 saturated carbocycles. The van der Waals surface area contributed by atoms with Gasteiger partial charge < -0.3 is 9.67 Å². The molecule has 0 aliphatic heterocycles. The zero-order chi connectivity index (χ0) is 12.7. The lowest BCUT2D eigenvalue weighted by molar-refractivity contribution is 0.156. The van der Waals surface area contributed by atoms with Crippen molar-refractivity contribution in [2.24, 2.45) is 0 Å². The Kier molecular flexibility index (Phi) is 3.04. The molecule has 96 valence electrons. The van der Waals surface area contributed by atoms with Crippen molar-refractivity contribution in [3.63, 3.8) is 0 Å². The molecule has 2 aromatic rings. The number of hydrogen-bond donors (Lipinski definition) is 1. The molecule has 0 spiro atoms. The first-order valence-electron chi connectivity index (χ1n) is 6.56. The number of hydrogen-bond acceptors (Lipinski definition) is 2. The molecule has 1 unspecified atom stereocenters. The number of thiophene rings is 1. The Morgan fingerprint density at radius 1 is 1.44 bits per heavy atom. The third-order valence-corrected chi connectivity index (χ3v) is 4.98. The molecule has 2 heterocycles. The fraction of sp³-hybridized carbons (Fsp3) is 0.467. The predicted molar refractivity (Wildman–Crippen MR) is 75.2 cm³/mol. The number of fused-ring (bicyclic) bond motifs is 1. The maximum Gasteiger partial charge on any atom is 0.0807 e. The number of nitrogens with zero attached hydrogens (tertiary/aromatic N) is 1. The molecule has 3 heteroatoms. The quantitative estimate of drug-likeness (QED) is 0.878. The molecule has 0 radical (unpaired) electrons. The van der Waals surface area contributed by atoms with Gasteiger partial charge in [-0.15, -0.1) is 11.3 Å². The van der Waals surface area contributed by atoms with E-state index in [4.69, 9.17) is 0 Å². The van der Waals surface area contributed by atoms with Crippen molar-refractivity contribution >= 4 is 11.3 Å². The third kappa shape index (κ3) is 1.91. The van der Waals surface area contributed by atoms with E-state index in [2.05, 4.69) is 35.9 Å². The van der Waals surface area contributed by atoms with Crippen molar-refractivity contribution in [3.05, 3.63) is 44.9 Å². The molecule has 0 amide bonds. The molecule has 1 aliphatic carbocycles. The summed E-state index contributed by atoms with van der Waals surface area (Å²) >= 11 is 1.82. The highest BCUT2D eigenvalue weighted by Gasteiger charge is 2.23. The van der Waals surface area contributed by atoms with Gasteiger partial charge in [0.05, 0.1) is 12.6 Å². The van der Waals surface area contributed by atoms with Gasteiger partial charge in [-0.2, -0.15) is 0 Å². The van der Waals surface area contributed by atoms with E-state index < -0.39 is 0 Å². The van der Waals surface area contributed by atoms with Gasteiger partial charge in [0.2, 0.25) is 0 Å². The van der Waals surface area contributed by atoms with Crippen molar-refractivity contribution in [2.75, 3.05) is 0 Å². The molecular weight excluding hydrogens is 242 g/mol. The average Bonchev–Trinajstić information content (AvgIpc) is 2.87. The number of aryl methyl sites for hydroxylation is 2. The van der Waals surface area contributed by atoms with Crippen LogP contribution in [0.25, 0.3) is 0 Å². The monoisotopic (exact) mass is 261 g/mol. The molecule has 1 N–H and O–H groups in total. The highest BCUT2D eigenvalue weighted by Crippen LogP contribution is 2.33. The second kappa shape index (κ2) is 4.56. The Balaban J connectivity index is 2.00. The number of aromatic nitrogens is 1. The second-order valence-electron chi connectivity index (χ2n) is 5.21. The predicted octanol–water partition coefficient (Wildman–Crippen LogP) is 3.58. The zero-order valence-electron chi connectivity index (χ0n) is 10.9. The summed E-state index contributed by atoms with van der Waals surface area (Å²) in [5.41, 5.74) is 5.15. The van der Waals surface area contributed by atoms with Crippen LogP contribution in [0.15, 0.2) is 17.5 Å². The molecule has 18 heavy (non-hydrogen) atoms. The minimum absolute atomic E-state index is 0.252. The third-order valence-electron chi connectivity index (χ3n) is 3.97. The van der Waals surface area contributed by atoms with Crippen LogP contribution < -0.4 is 0 Å². The van der Waals surface area contributed by atoms with Crippen LogP contribution in [0.1, 0.15) is 46.3 Å². The average molecular weight is 261 g/mol. The van der Waals surface area contributed by atoms with Gasteiger partial charge in [-0.25, -0.2) is 0 Å². The van der Waals surface area contributed by atoms with Gasteiger partial charge >= 0.3 is 0 Å². The summed E-state index contributed by atoms with van der Waals surface area (Å²) < 4.78 is 2.39. The van der Waals surface area contributed by atoms with Crippen molar-refractivity contribution in [1.29, 1.82) is 0 Å². The van der Waals surface area contributed by atoms with E-state index in [-0.39, 0.29) is 6.10 Å². The van der Waals surface area contributed by atoms with E-state index in [1.54, 1.807) is 0 Å². The number of aliphatic hydroxyl groups excluding tert-OH is 1. The van der Waals surface area contributed by atoms with E-state index >= 15 is 0 Å². The lowest BCUT2D eigenvalue weighted by atomic mass is 9.95. The molecule has 2 nitrogen and oxygen atoms in total. The van der Waals surface area contributed by atoms with Crippen LogP contribution in [-0.4, -0.2) is 9.67 Å². The zero-order valence-corrected chi connectivity index (χ0v) is 11.8. The molecule has 0 fully saturated rings. The highest BCUT2D eigenvalue weighted by molar-refractivity contribution is 7.10. The minimum atomic E-state index is -0.252. The topological polar surface area (TPSA) is 25.2 Å². The van der Waals surface area contributed by atoms with E-state index in [0.717, 1.165) is 31.4 Å². The van der Waals surface area contributed by atoms with Gasteiger partial charge in [0, 0.05) is 21.8 Å². The van der Waals surface area contributed by atoms with Crippen LogP contribution >= 0.6 is 11.3 Å². The highest BCUT2D eigenvalue weighted by atomic mass is 32.1. The van der Waals surface area contributed by atoms with Crippen molar-refractivity contribution in [3.8, 4) is 0 Å². The van der Waals surface area contributed by atoms with Crippen molar-refractivity contribution < 1.29 is 5.11 Å². The van der Waals surface area contributed by atoms with Gasteiger partial charge in [-0.05, 0) is 56.2 Å². The van der Waals surface area contributed by atoms with Crippen LogP contribution in [0.3, 0.4) is 0 Å². The van der Waals surface area contributed by atoms with E-state index in [9.17, 15) is 5.11 Å². The summed E-state index contributed by atoms with van der Waals surface area (Å²) in [4.78, 5) is 1.43. The summed E-state index contributed by atoms with van der Waals surface area (Å²) in [6, 6.07) is 4.35. The summed E-state index contributed by atoms with van der Waals surface area (Å²) in [6.07, 6.45) is 2.86. The van der Waals surface area contributed by atoms with E-state index in [1.165, 1.54) is 21.8 Å². The van der Waals surface area contributed by atoms with Crippen LogP contribution in [0.2, 0.25) is 0 Å². The van der Waals surface area contributed by atoms with Crippen LogP contribution in [0.4, 0.5) is 0 Å². The summed E-state index contributed by atoms with van der Waals surface area (Å²) in [7, 11) is 0. The second-order valence-corrected chi connectivity index (χ2v) is 6.21. The van der Waals surface area contributed by atoms with Crippen LogP contribution in [0, 0.1) is 13.8 Å². The standard InChI is InChI=1S/C15H19NOS/c1-10-6-7-18-15(10)9-16-11(2)8-12-13(16)4-3-5-14(12)17/h6-8,14,17H,3-5,9H2,1-2H3. The first kappa shape index (κ1) is 12.0. The Labute approximate surface area is 112 Å². The lowest BCUT2D eigenvalue weighted by Crippen LogP contribution is -2.13. The normalized spacial score (nSPS) is 18.9. The summed E-state index contributed by atoms with van der Waals surface area (Å²) in [6.45, 7) is 5.28. The van der Waals surface area contributed by atoms with Gasteiger partial charge in [0.15, 0.2) is 0 Å². The van der Waals surface area contributed by atoms with Gasteiger partial charge in [-0.3, -0.25) is 0 Å². The van der Waals surface area contributed by atoms with Crippen LogP contribution in [0.5, 0.6) is 0 Å². The maximum absolute atomic E-state index is 10.1. The van der Waals surface area contributed by atoms with E-state index in [1.807, 2.05) is 11.3 Å². The molecular formula is C15H19NOS. The maximum atomic E-state index is 10.1. The molecule has 0 aromatic carbocycles. The fourth-order valence-electron chi connectivity index (χ4n) is 2.87. The van der Waals surface area contributed by atoms with Gasteiger partial charge in [-0.1, -0.05) is 0 Å². The molecule has 1 atom stereocenters. The van der Waals surface area contributed by atoms with Crippen LogP contribution in [-0.2, 0) is 13.0 Å². The van der Waals surface area contributed by atoms with Gasteiger partial charge in [0.1, 0.15) is 0 Å². The Morgan fingerprint density at radius 2 is 2.28 bits per heavy atom. The largest absolute Gasteiger partial charge is 0.388 e. The Bertz CT molecular complexity index is 567. The molecule has 0 bridgehead atoms. The van der Waals surface area contributed by atoms with Crippen molar-refractivity contribution in [1.82, 2.24) is 4.57 Å². The smallest absolute Gasteiger partial charge is 0.0807 e. The summed E-state index contributed by atoms with van der Waals surface area (Å²) in [5, 5.41) is 12.2. The molecule has 2 aromatic heterocycles. The van der Waals surface area contributed by atoms with E-state index in [0.29, 0.717) is 0 Å². The molecule has 1 aliphatic rings. The number of aliphatic hydroxyl groups is 1. The summed E-state index contributed by atoms with van der Waals surface area (Å²) in [5.74, 6) is 0. The number of rotatable bonds is 2. The minimum Gasteiger partial charge on any atom is -0.388 e. The fourth-order valence-corrected chi connectivity index (χ4v) is 3.76. The SMILES string of the molecule is Cc1ccsc1Cn1c(C)cc2c1CCCC2O. The molecule has 0 saturated heterocycles. The first-order valence-corrected chi connectivity index (χ1v) is 7.44. The van der Waals surface area contributed by atoms with Gasteiger partial charge in [0.25, 0.3) is 0 Å². The Morgan fingerprint density at radius 3 is 3.00 bits per heavy atom. The Hall–Kier alpha value is -1.06.